The number of aliphatic hydroxyl groups excluding tert-OH is 2. The smallest absolute Gasteiger partial charge is 0.457 e. The van der Waals surface area contributed by atoms with Crippen molar-refractivity contribution in [2.24, 2.45) is 0 Å². The number of phosphoric ester groups is 1. The number of hydrogen-bond acceptors (Lipinski definition) is 8. The third kappa shape index (κ3) is 47.4. The van der Waals surface area contributed by atoms with E-state index in [0.29, 0.717) is 6.61 Å². The Kier molecular flexibility index (Phi) is 46.7. The molecule has 62 heavy (non-hydrogen) atoms. The van der Waals surface area contributed by atoms with Crippen LogP contribution in [-0.4, -0.2) is 66.3 Å². The van der Waals surface area contributed by atoms with Gasteiger partial charge in [0.25, 0.3) is 0 Å². The average Bonchev–Trinajstić information content (AvgIpc) is 3.26. The van der Waals surface area contributed by atoms with Crippen LogP contribution in [0.5, 0.6) is 0 Å². The molecule has 0 aromatic rings. The molecule has 0 aliphatic heterocycles. The first-order valence-corrected chi connectivity index (χ1v) is 26.4. The molecular formula is C52H93O9P. The summed E-state index contributed by atoms with van der Waals surface area (Å²) >= 11 is 0. The molecule has 0 heterocycles. The summed E-state index contributed by atoms with van der Waals surface area (Å²) in [5, 5.41) is 18.4. The van der Waals surface area contributed by atoms with Gasteiger partial charge in [0.05, 0.1) is 26.4 Å². The highest BCUT2D eigenvalue weighted by atomic mass is 31.2. The Hall–Kier alpha value is -2.10. The zero-order valence-electron chi connectivity index (χ0n) is 39.6. The second kappa shape index (κ2) is 48.4. The van der Waals surface area contributed by atoms with E-state index in [-0.39, 0.29) is 13.0 Å². The Morgan fingerprint density at radius 3 is 1.40 bits per heavy atom. The summed E-state index contributed by atoms with van der Waals surface area (Å²) in [7, 11) is -4.53. The maximum atomic E-state index is 12.7. The SMILES string of the molecule is CC/C=C\C/C=C\C/C=C\C/C=C\C/C=C\CCCCCCOCC(COP(=O)(O)OCC(O)CO)OC(=O)CCCCCCCCCCC/C=C\CCCCCCCCCC. The second-order valence-electron chi connectivity index (χ2n) is 16.4. The molecule has 0 radical (unpaired) electrons. The van der Waals surface area contributed by atoms with Crippen LogP contribution in [0.2, 0.25) is 0 Å². The number of rotatable bonds is 47. The summed E-state index contributed by atoms with van der Waals surface area (Å²) in [5.74, 6) is -0.395. The molecule has 3 N–H and O–H groups in total. The van der Waals surface area contributed by atoms with Crippen molar-refractivity contribution in [2.75, 3.05) is 33.0 Å². The number of allylic oxidation sites excluding steroid dienone is 12. The van der Waals surface area contributed by atoms with Gasteiger partial charge >= 0.3 is 13.8 Å². The molecule has 0 fully saturated rings. The molecule has 0 spiro atoms. The summed E-state index contributed by atoms with van der Waals surface area (Å²) < 4.78 is 33.5. The van der Waals surface area contributed by atoms with Gasteiger partial charge in [-0.05, 0) is 83.5 Å². The Morgan fingerprint density at radius 1 is 0.516 bits per heavy atom. The molecule has 0 aliphatic rings. The van der Waals surface area contributed by atoms with Gasteiger partial charge in [-0.25, -0.2) is 4.57 Å². The fraction of sp³-hybridized carbons (Fsp3) is 0.750. The van der Waals surface area contributed by atoms with Crippen molar-refractivity contribution in [1.29, 1.82) is 0 Å². The largest absolute Gasteiger partial charge is 0.472 e. The van der Waals surface area contributed by atoms with E-state index >= 15 is 0 Å². The van der Waals surface area contributed by atoms with Crippen LogP contribution in [0.3, 0.4) is 0 Å². The first-order valence-electron chi connectivity index (χ1n) is 24.9. The third-order valence-electron chi connectivity index (χ3n) is 10.4. The molecule has 0 bridgehead atoms. The Bertz CT molecular complexity index is 1190. The topological polar surface area (TPSA) is 132 Å². The number of ether oxygens (including phenoxy) is 2. The number of carbonyl (C=O) groups is 1. The lowest BCUT2D eigenvalue weighted by Crippen LogP contribution is -2.29. The number of hydrogen-bond donors (Lipinski definition) is 3. The van der Waals surface area contributed by atoms with Gasteiger partial charge in [-0.3, -0.25) is 13.8 Å². The Labute approximate surface area is 380 Å². The highest BCUT2D eigenvalue weighted by molar-refractivity contribution is 7.47. The van der Waals surface area contributed by atoms with E-state index in [4.69, 9.17) is 23.6 Å². The van der Waals surface area contributed by atoms with E-state index < -0.39 is 45.8 Å². The van der Waals surface area contributed by atoms with Crippen molar-refractivity contribution in [3.8, 4) is 0 Å². The van der Waals surface area contributed by atoms with Gasteiger partial charge in [0, 0.05) is 13.0 Å². The van der Waals surface area contributed by atoms with Crippen LogP contribution in [0.1, 0.15) is 206 Å². The maximum absolute atomic E-state index is 12.7. The minimum absolute atomic E-state index is 0.0284. The molecule has 9 nitrogen and oxygen atoms in total. The molecule has 0 saturated carbocycles. The summed E-state index contributed by atoms with van der Waals surface area (Å²) in [6, 6.07) is 0. The van der Waals surface area contributed by atoms with Gasteiger partial charge in [-0.15, -0.1) is 0 Å². The van der Waals surface area contributed by atoms with Gasteiger partial charge in [0.15, 0.2) is 0 Å². The lowest BCUT2D eigenvalue weighted by Gasteiger charge is -2.20. The summed E-state index contributed by atoms with van der Waals surface area (Å²) in [6.07, 6.45) is 58.7. The zero-order chi connectivity index (χ0) is 45.3. The molecule has 360 valence electrons. The molecule has 3 unspecified atom stereocenters. The molecule has 3 atom stereocenters. The molecule has 0 rings (SSSR count). The van der Waals surface area contributed by atoms with E-state index in [1.807, 2.05) is 0 Å². The summed E-state index contributed by atoms with van der Waals surface area (Å²) in [6.45, 7) is 3.35. The van der Waals surface area contributed by atoms with Crippen molar-refractivity contribution < 1.29 is 43.0 Å². The van der Waals surface area contributed by atoms with Gasteiger partial charge in [-0.2, -0.15) is 0 Å². The van der Waals surface area contributed by atoms with Gasteiger partial charge < -0.3 is 24.6 Å². The first kappa shape index (κ1) is 59.9. The summed E-state index contributed by atoms with van der Waals surface area (Å²) in [5.41, 5.74) is 0. The normalized spacial score (nSPS) is 14.5. The van der Waals surface area contributed by atoms with Crippen LogP contribution in [0, 0.1) is 0 Å². The van der Waals surface area contributed by atoms with E-state index in [1.165, 1.54) is 96.3 Å². The van der Waals surface area contributed by atoms with Crippen molar-refractivity contribution in [3.05, 3.63) is 72.9 Å². The highest BCUT2D eigenvalue weighted by Crippen LogP contribution is 2.43. The molecular weight excluding hydrogens is 800 g/mol. The predicted octanol–water partition coefficient (Wildman–Crippen LogP) is 14.5. The van der Waals surface area contributed by atoms with Crippen molar-refractivity contribution >= 4 is 13.8 Å². The molecule has 0 amide bonds. The van der Waals surface area contributed by atoms with Crippen LogP contribution in [0.25, 0.3) is 0 Å². The number of phosphoric acid groups is 1. The highest BCUT2D eigenvalue weighted by Gasteiger charge is 2.26. The van der Waals surface area contributed by atoms with Gasteiger partial charge in [0.2, 0.25) is 0 Å². The van der Waals surface area contributed by atoms with Crippen LogP contribution in [-0.2, 0) is 27.9 Å². The maximum Gasteiger partial charge on any atom is 0.472 e. The van der Waals surface area contributed by atoms with Crippen molar-refractivity contribution in [3.63, 3.8) is 0 Å². The van der Waals surface area contributed by atoms with Gasteiger partial charge in [-0.1, -0.05) is 189 Å². The van der Waals surface area contributed by atoms with Crippen LogP contribution in [0.4, 0.5) is 0 Å². The second-order valence-corrected chi connectivity index (χ2v) is 17.9. The molecule has 0 aliphatic carbocycles. The fourth-order valence-corrected chi connectivity index (χ4v) is 7.40. The number of carbonyl (C=O) groups excluding carboxylic acids is 1. The lowest BCUT2D eigenvalue weighted by molar-refractivity contribution is -0.154. The number of unbranched alkanes of at least 4 members (excludes halogenated alkanes) is 21. The van der Waals surface area contributed by atoms with E-state index in [9.17, 15) is 19.4 Å². The zero-order valence-corrected chi connectivity index (χ0v) is 40.5. The standard InChI is InChI=1S/C52H93O9P/c1-3-5-7-9-11-13-15-17-19-21-23-25-26-28-30-32-34-36-38-40-42-44-52(55)61-51(49-60-62(56,57)59-47-50(54)46-53)48-58-45-43-41-39-37-35-33-31-29-27-24-22-20-18-16-14-12-10-8-6-4-2/h6,8,12,14,18,20-21,23-24,27,31,33,50-51,53-54H,3-5,7,9-11,13,15-17,19,22,25-26,28-30,32,34-49H2,1-2H3,(H,56,57)/b8-6-,14-12-,20-18-,23-21-,27-24-,33-31-. The fourth-order valence-electron chi connectivity index (χ4n) is 6.61. The third-order valence-corrected chi connectivity index (χ3v) is 11.3. The van der Waals surface area contributed by atoms with Crippen molar-refractivity contribution in [2.45, 2.75) is 219 Å². The summed E-state index contributed by atoms with van der Waals surface area (Å²) in [4.78, 5) is 22.7. The van der Waals surface area contributed by atoms with E-state index in [1.54, 1.807) is 0 Å². The average molecular weight is 893 g/mol. The monoisotopic (exact) mass is 893 g/mol. The van der Waals surface area contributed by atoms with E-state index in [2.05, 4.69) is 86.8 Å². The number of aliphatic hydroxyl groups is 2. The minimum Gasteiger partial charge on any atom is -0.457 e. The molecule has 0 aromatic carbocycles. The number of esters is 1. The molecule has 0 saturated heterocycles. The van der Waals surface area contributed by atoms with Crippen molar-refractivity contribution in [1.82, 2.24) is 0 Å². The predicted molar refractivity (Wildman–Crippen MR) is 260 cm³/mol. The Balaban J connectivity index is 4.16. The van der Waals surface area contributed by atoms with Crippen LogP contribution < -0.4 is 0 Å². The molecule has 10 heteroatoms. The quantitative estimate of drug-likeness (QED) is 0.0236. The van der Waals surface area contributed by atoms with Crippen LogP contribution in [0.15, 0.2) is 72.9 Å². The molecule has 0 aromatic heterocycles. The lowest BCUT2D eigenvalue weighted by atomic mass is 10.1. The first-order chi connectivity index (χ1) is 30.3. The minimum atomic E-state index is -4.53. The van der Waals surface area contributed by atoms with Gasteiger partial charge in [0.1, 0.15) is 12.2 Å². The van der Waals surface area contributed by atoms with Crippen LogP contribution >= 0.6 is 7.82 Å². The Morgan fingerprint density at radius 2 is 0.919 bits per heavy atom. The van der Waals surface area contributed by atoms with E-state index in [0.717, 1.165) is 89.9 Å².